The molecule has 3 rings (SSSR count). The first-order valence-electron chi connectivity index (χ1n) is 9.12. The Bertz CT molecular complexity index is 893. The maximum absolute atomic E-state index is 13.8. The minimum Gasteiger partial charge on any atom is -0.352 e. The highest BCUT2D eigenvalue weighted by atomic mass is 19.1. The molecule has 1 aliphatic rings. The van der Waals surface area contributed by atoms with Gasteiger partial charge in [-0.3, -0.25) is 9.59 Å². The van der Waals surface area contributed by atoms with Crippen LogP contribution in [-0.4, -0.2) is 29.8 Å². The van der Waals surface area contributed by atoms with Gasteiger partial charge in [0.15, 0.2) is 0 Å². The zero-order chi connectivity index (χ0) is 20.3. The summed E-state index contributed by atoms with van der Waals surface area (Å²) in [7, 11) is 0. The number of benzene rings is 2. The number of hydrogen-bond donors (Lipinski definition) is 1. The van der Waals surface area contributed by atoms with Crippen LogP contribution in [0, 0.1) is 30.3 Å². The summed E-state index contributed by atoms with van der Waals surface area (Å²) >= 11 is 0. The van der Waals surface area contributed by atoms with Crippen molar-refractivity contribution >= 4 is 11.8 Å². The van der Waals surface area contributed by atoms with Gasteiger partial charge >= 0.3 is 0 Å². The molecule has 0 unspecified atom stereocenters. The summed E-state index contributed by atoms with van der Waals surface area (Å²) in [6.07, 6.45) is 0.894. The summed E-state index contributed by atoms with van der Waals surface area (Å²) in [5, 5.41) is 2.80. The molecule has 0 spiro atoms. The molecule has 2 amide bonds. The fraction of sp³-hybridized carbons (Fsp3) is 0.333. The number of halogens is 3. The van der Waals surface area contributed by atoms with E-state index in [-0.39, 0.29) is 29.8 Å². The Morgan fingerprint density at radius 3 is 2.39 bits per heavy atom. The quantitative estimate of drug-likeness (QED) is 0.868. The van der Waals surface area contributed by atoms with E-state index in [0.29, 0.717) is 43.1 Å². The van der Waals surface area contributed by atoms with E-state index >= 15 is 0 Å². The minimum atomic E-state index is -0.893. The third-order valence-corrected chi connectivity index (χ3v) is 5.02. The topological polar surface area (TPSA) is 49.4 Å². The average Bonchev–Trinajstić information content (AvgIpc) is 2.68. The number of rotatable bonds is 4. The van der Waals surface area contributed by atoms with E-state index in [0.717, 1.165) is 12.1 Å². The number of hydrogen-bond acceptors (Lipinski definition) is 2. The van der Waals surface area contributed by atoms with Crippen LogP contribution in [0.5, 0.6) is 0 Å². The Labute approximate surface area is 161 Å². The fourth-order valence-corrected chi connectivity index (χ4v) is 3.26. The lowest BCUT2D eigenvalue weighted by Crippen LogP contribution is -2.43. The van der Waals surface area contributed by atoms with Crippen molar-refractivity contribution in [2.24, 2.45) is 5.92 Å². The number of likely N-dealkylation sites (tertiary alicyclic amines) is 1. The van der Waals surface area contributed by atoms with Crippen LogP contribution in [0.25, 0.3) is 0 Å². The van der Waals surface area contributed by atoms with Crippen molar-refractivity contribution in [1.29, 1.82) is 0 Å². The molecule has 0 aromatic heterocycles. The van der Waals surface area contributed by atoms with E-state index in [2.05, 4.69) is 5.32 Å². The van der Waals surface area contributed by atoms with Gasteiger partial charge in [-0.15, -0.1) is 0 Å². The van der Waals surface area contributed by atoms with Crippen LogP contribution in [0.3, 0.4) is 0 Å². The summed E-state index contributed by atoms with van der Waals surface area (Å²) in [4.78, 5) is 26.2. The van der Waals surface area contributed by atoms with Crippen LogP contribution in [0.2, 0.25) is 0 Å². The van der Waals surface area contributed by atoms with E-state index in [1.54, 1.807) is 19.1 Å². The molecule has 0 aliphatic carbocycles. The van der Waals surface area contributed by atoms with Gasteiger partial charge in [-0.05, 0) is 49.1 Å². The molecule has 2 aromatic carbocycles. The van der Waals surface area contributed by atoms with Crippen LogP contribution in [-0.2, 0) is 11.3 Å². The SMILES string of the molecule is Cc1ccc(CNC(=O)C2CCN(C(=O)c3ccc(F)cc3F)CC2)cc1F. The Hall–Kier alpha value is -2.83. The predicted molar refractivity (Wildman–Crippen MR) is 98.0 cm³/mol. The summed E-state index contributed by atoms with van der Waals surface area (Å²) in [6.45, 7) is 2.53. The summed E-state index contributed by atoms with van der Waals surface area (Å²) < 4.78 is 40.4. The second kappa shape index (κ2) is 8.46. The Kier molecular flexibility index (Phi) is 6.02. The first-order chi connectivity index (χ1) is 13.3. The molecule has 4 nitrogen and oxygen atoms in total. The van der Waals surface area contributed by atoms with Gasteiger partial charge in [0.1, 0.15) is 17.5 Å². The van der Waals surface area contributed by atoms with Gasteiger partial charge in [-0.2, -0.15) is 0 Å². The van der Waals surface area contributed by atoms with Crippen LogP contribution >= 0.6 is 0 Å². The molecule has 1 saturated heterocycles. The molecule has 1 aliphatic heterocycles. The first-order valence-corrected chi connectivity index (χ1v) is 9.12. The zero-order valence-electron chi connectivity index (χ0n) is 15.5. The smallest absolute Gasteiger partial charge is 0.256 e. The van der Waals surface area contributed by atoms with Crippen molar-refractivity contribution in [3.8, 4) is 0 Å². The zero-order valence-corrected chi connectivity index (χ0v) is 15.5. The van der Waals surface area contributed by atoms with Crippen molar-refractivity contribution < 1.29 is 22.8 Å². The molecule has 0 saturated carbocycles. The number of amides is 2. The number of aryl methyl sites for hydroxylation is 1. The van der Waals surface area contributed by atoms with E-state index in [1.165, 1.54) is 11.0 Å². The predicted octanol–water partition coefficient (Wildman–Crippen LogP) is 3.58. The third-order valence-electron chi connectivity index (χ3n) is 5.02. The Morgan fingerprint density at radius 1 is 1.04 bits per heavy atom. The largest absolute Gasteiger partial charge is 0.352 e. The van der Waals surface area contributed by atoms with Crippen LogP contribution in [0.4, 0.5) is 13.2 Å². The van der Waals surface area contributed by atoms with Crippen molar-refractivity contribution in [2.75, 3.05) is 13.1 Å². The Morgan fingerprint density at radius 2 is 1.75 bits per heavy atom. The molecule has 0 radical (unpaired) electrons. The van der Waals surface area contributed by atoms with Crippen molar-refractivity contribution in [1.82, 2.24) is 10.2 Å². The van der Waals surface area contributed by atoms with Crippen molar-refractivity contribution in [3.05, 3.63) is 70.5 Å². The summed E-state index contributed by atoms with van der Waals surface area (Å²) in [6, 6.07) is 7.68. The normalized spacial score (nSPS) is 14.8. The number of piperidine rings is 1. The lowest BCUT2D eigenvalue weighted by atomic mass is 9.95. The van der Waals surface area contributed by atoms with Gasteiger partial charge in [0.25, 0.3) is 5.91 Å². The minimum absolute atomic E-state index is 0.152. The number of carbonyl (C=O) groups is 2. The molecule has 1 N–H and O–H groups in total. The molecule has 1 fully saturated rings. The van der Waals surface area contributed by atoms with Crippen molar-refractivity contribution in [3.63, 3.8) is 0 Å². The third kappa shape index (κ3) is 4.52. The number of nitrogens with one attached hydrogen (secondary N) is 1. The molecule has 0 bridgehead atoms. The van der Waals surface area contributed by atoms with Crippen LogP contribution in [0.15, 0.2) is 36.4 Å². The molecular formula is C21H21F3N2O2. The maximum atomic E-state index is 13.8. The Balaban J connectivity index is 1.52. The van der Waals surface area contributed by atoms with E-state index in [9.17, 15) is 22.8 Å². The summed E-state index contributed by atoms with van der Waals surface area (Å²) in [5.41, 5.74) is 1.05. The molecule has 1 heterocycles. The van der Waals surface area contributed by atoms with Gasteiger partial charge in [-0.1, -0.05) is 12.1 Å². The highest BCUT2D eigenvalue weighted by Gasteiger charge is 2.28. The van der Waals surface area contributed by atoms with Gasteiger partial charge in [0.2, 0.25) is 5.91 Å². The maximum Gasteiger partial charge on any atom is 0.256 e. The molecule has 0 atom stereocenters. The van der Waals surface area contributed by atoms with Crippen LogP contribution in [0.1, 0.15) is 34.3 Å². The lowest BCUT2D eigenvalue weighted by molar-refractivity contribution is -0.126. The first kappa shape index (κ1) is 19.9. The monoisotopic (exact) mass is 390 g/mol. The second-order valence-electron chi connectivity index (χ2n) is 6.99. The molecule has 28 heavy (non-hydrogen) atoms. The highest BCUT2D eigenvalue weighted by Crippen LogP contribution is 2.21. The van der Waals surface area contributed by atoms with E-state index < -0.39 is 17.5 Å². The molecular weight excluding hydrogens is 369 g/mol. The highest BCUT2D eigenvalue weighted by molar-refractivity contribution is 5.94. The number of carbonyl (C=O) groups excluding carboxylic acids is 2. The fourth-order valence-electron chi connectivity index (χ4n) is 3.26. The second-order valence-corrected chi connectivity index (χ2v) is 6.99. The van der Waals surface area contributed by atoms with Crippen LogP contribution < -0.4 is 5.32 Å². The molecule has 7 heteroatoms. The van der Waals surface area contributed by atoms with E-state index in [4.69, 9.17) is 0 Å². The van der Waals surface area contributed by atoms with Crippen molar-refractivity contribution in [2.45, 2.75) is 26.3 Å². The van der Waals surface area contributed by atoms with Gasteiger partial charge in [-0.25, -0.2) is 13.2 Å². The lowest BCUT2D eigenvalue weighted by Gasteiger charge is -2.31. The number of nitrogens with zero attached hydrogens (tertiary/aromatic N) is 1. The van der Waals surface area contributed by atoms with Gasteiger partial charge in [0.05, 0.1) is 5.56 Å². The average molecular weight is 390 g/mol. The van der Waals surface area contributed by atoms with Gasteiger partial charge < -0.3 is 10.2 Å². The molecule has 148 valence electrons. The summed E-state index contributed by atoms with van der Waals surface area (Å²) in [5.74, 6) is -2.87. The van der Waals surface area contributed by atoms with E-state index in [1.807, 2.05) is 0 Å². The standard InChI is InChI=1S/C21H21F3N2O2/c1-13-2-3-14(10-18(13)23)12-25-20(27)15-6-8-26(9-7-15)21(28)17-5-4-16(22)11-19(17)24/h2-5,10-11,15H,6-9,12H2,1H3,(H,25,27). The molecule has 2 aromatic rings. The van der Waals surface area contributed by atoms with Gasteiger partial charge in [0, 0.05) is 31.6 Å².